The van der Waals surface area contributed by atoms with Crippen LogP contribution in [0.1, 0.15) is 62.0 Å². The number of benzene rings is 1. The molecule has 0 aromatic heterocycles. The number of nitrogens with two attached hydrogens (primary N) is 1. The highest BCUT2D eigenvalue weighted by Gasteiger charge is 2.50. The minimum atomic E-state index is -1.14. The van der Waals surface area contributed by atoms with E-state index < -0.39 is 57.9 Å². The molecule has 9 heteroatoms. The molecule has 0 radical (unpaired) electrons. The first kappa shape index (κ1) is 23.5. The van der Waals surface area contributed by atoms with Crippen LogP contribution in [0.2, 0.25) is 0 Å². The van der Waals surface area contributed by atoms with Crippen molar-refractivity contribution in [2.45, 2.75) is 52.6 Å². The van der Waals surface area contributed by atoms with Gasteiger partial charge in [0.1, 0.15) is 28.4 Å². The van der Waals surface area contributed by atoms with E-state index >= 15 is 0 Å². The van der Waals surface area contributed by atoms with Crippen molar-refractivity contribution < 1.29 is 34.5 Å². The molecule has 0 heterocycles. The van der Waals surface area contributed by atoms with E-state index in [4.69, 9.17) is 10.6 Å². The zero-order chi connectivity index (χ0) is 25.1. The molecule has 3 aliphatic rings. The maximum absolute atomic E-state index is 13.5. The number of ketones is 2. The number of aliphatic hydroxyl groups is 2. The minimum Gasteiger partial charge on any atom is -0.511 e. The fraction of sp³-hybridized carbons (Fsp3) is 0.440. The number of aromatic hydroxyl groups is 1. The van der Waals surface area contributed by atoms with Crippen molar-refractivity contribution in [3.8, 4) is 5.75 Å². The number of Topliss-reactive ketones (excluding diaryl/α,β-unsaturated/α-hetero) is 2. The van der Waals surface area contributed by atoms with E-state index in [9.17, 15) is 29.7 Å². The molecule has 3 unspecified atom stereocenters. The molecule has 0 fully saturated rings. The molecule has 1 aromatic rings. The third kappa shape index (κ3) is 3.74. The van der Waals surface area contributed by atoms with Gasteiger partial charge in [-0.2, -0.15) is 0 Å². The summed E-state index contributed by atoms with van der Waals surface area (Å²) in [6.45, 7) is 7.32. The Hall–Kier alpha value is -3.62. The van der Waals surface area contributed by atoms with Gasteiger partial charge < -0.3 is 25.9 Å². The lowest BCUT2D eigenvalue weighted by molar-refractivity contribution is -0.126. The number of hydrogen-bond donors (Lipinski definition) is 4. The van der Waals surface area contributed by atoms with Crippen LogP contribution in [0.5, 0.6) is 5.75 Å². The van der Waals surface area contributed by atoms with Gasteiger partial charge in [0.2, 0.25) is 0 Å². The number of oxime groups is 1. The second-order valence-electron chi connectivity index (χ2n) is 10.1. The van der Waals surface area contributed by atoms with E-state index in [1.54, 1.807) is 13.0 Å². The molecular weight excluding hydrogens is 440 g/mol. The molecule has 34 heavy (non-hydrogen) atoms. The van der Waals surface area contributed by atoms with Gasteiger partial charge in [-0.25, -0.2) is 0 Å². The molecule has 3 atom stereocenters. The van der Waals surface area contributed by atoms with Gasteiger partial charge in [0, 0.05) is 17.6 Å². The number of rotatable bonds is 3. The molecule has 0 spiro atoms. The number of fused-ring (bicyclic) bond motifs is 3. The normalized spacial score (nSPS) is 25.1. The van der Waals surface area contributed by atoms with Gasteiger partial charge in [0.05, 0.1) is 17.2 Å². The first-order chi connectivity index (χ1) is 15.8. The lowest BCUT2D eigenvalue weighted by Gasteiger charge is -2.41. The minimum absolute atomic E-state index is 0.00360. The van der Waals surface area contributed by atoms with Crippen molar-refractivity contribution in [3.05, 3.63) is 51.5 Å². The maximum Gasteiger partial charge on any atom is 0.255 e. The second-order valence-corrected chi connectivity index (χ2v) is 10.1. The van der Waals surface area contributed by atoms with Gasteiger partial charge in [0.25, 0.3) is 5.91 Å². The predicted octanol–water partition coefficient (Wildman–Crippen LogP) is 3.00. The van der Waals surface area contributed by atoms with Crippen LogP contribution in [0.4, 0.5) is 0 Å². The van der Waals surface area contributed by atoms with Gasteiger partial charge in [-0.05, 0) is 70.1 Å². The summed E-state index contributed by atoms with van der Waals surface area (Å²) in [6.07, 6.45) is 0.647. The van der Waals surface area contributed by atoms with Gasteiger partial charge >= 0.3 is 0 Å². The second kappa shape index (κ2) is 8.00. The Labute approximate surface area is 196 Å². The van der Waals surface area contributed by atoms with Crippen molar-refractivity contribution in [3.63, 3.8) is 0 Å². The number of aliphatic hydroxyl groups excluding tert-OH is 2. The molecule has 0 saturated carbocycles. The maximum atomic E-state index is 13.5. The molecule has 5 N–H and O–H groups in total. The quantitative estimate of drug-likeness (QED) is 0.301. The lowest BCUT2D eigenvalue weighted by Crippen LogP contribution is -2.43. The van der Waals surface area contributed by atoms with E-state index in [1.807, 2.05) is 20.8 Å². The first-order valence-corrected chi connectivity index (χ1v) is 11.1. The number of carbonyl (C=O) groups excluding carboxylic acids is 3. The number of phenolic OH excluding ortho intramolecular Hbond substituents is 1. The molecule has 4 rings (SSSR count). The zero-order valence-corrected chi connectivity index (χ0v) is 19.5. The molecule has 1 aromatic carbocycles. The van der Waals surface area contributed by atoms with Crippen LogP contribution in [0.3, 0.4) is 0 Å². The summed E-state index contributed by atoms with van der Waals surface area (Å²) in [5.74, 6) is -5.54. The molecule has 1 amide bonds. The van der Waals surface area contributed by atoms with Crippen LogP contribution in [0.25, 0.3) is 0 Å². The van der Waals surface area contributed by atoms with Crippen LogP contribution >= 0.6 is 0 Å². The Morgan fingerprint density at radius 1 is 1.15 bits per heavy atom. The molecule has 0 aliphatic heterocycles. The molecule has 9 nitrogen and oxygen atoms in total. The fourth-order valence-corrected chi connectivity index (χ4v) is 5.23. The third-order valence-corrected chi connectivity index (χ3v) is 6.62. The Morgan fingerprint density at radius 3 is 2.44 bits per heavy atom. The van der Waals surface area contributed by atoms with E-state index in [2.05, 4.69) is 5.16 Å². The smallest absolute Gasteiger partial charge is 0.255 e. The Morgan fingerprint density at radius 2 is 1.82 bits per heavy atom. The number of primary amides is 1. The molecule has 180 valence electrons. The Kier molecular flexibility index (Phi) is 5.54. The van der Waals surface area contributed by atoms with E-state index in [0.717, 1.165) is 0 Å². The summed E-state index contributed by atoms with van der Waals surface area (Å²) in [4.78, 5) is 43.6. The molecule has 0 saturated heterocycles. The summed E-state index contributed by atoms with van der Waals surface area (Å²) >= 11 is 0. The predicted molar refractivity (Wildman–Crippen MR) is 122 cm³/mol. The third-order valence-electron chi connectivity index (χ3n) is 6.62. The fourth-order valence-electron chi connectivity index (χ4n) is 5.23. The van der Waals surface area contributed by atoms with Crippen LogP contribution in [-0.2, 0) is 20.8 Å². The summed E-state index contributed by atoms with van der Waals surface area (Å²) < 4.78 is 0. The SMILES string of the molecule is C/C(=N\OC(C)(C)C)c1ccc(O)c2c1CC1CC3CC(O)=C(C(N)=O)C(=O)C3C(O)=C1C2=O. The van der Waals surface area contributed by atoms with Gasteiger partial charge in [-0.3, -0.25) is 14.4 Å². The zero-order valence-electron chi connectivity index (χ0n) is 19.5. The van der Waals surface area contributed by atoms with E-state index in [0.29, 0.717) is 29.7 Å². The molecule has 0 bridgehead atoms. The highest BCUT2D eigenvalue weighted by Crippen LogP contribution is 2.49. The summed E-state index contributed by atoms with van der Waals surface area (Å²) in [6, 6.07) is 3.06. The largest absolute Gasteiger partial charge is 0.511 e. The van der Waals surface area contributed by atoms with Crippen molar-refractivity contribution in [2.75, 3.05) is 0 Å². The lowest BCUT2D eigenvalue weighted by atomic mass is 9.62. The van der Waals surface area contributed by atoms with Crippen LogP contribution in [0.15, 0.2) is 40.0 Å². The van der Waals surface area contributed by atoms with Gasteiger partial charge in [-0.1, -0.05) is 5.16 Å². The van der Waals surface area contributed by atoms with E-state index in [-0.39, 0.29) is 23.3 Å². The highest BCUT2D eigenvalue weighted by molar-refractivity contribution is 6.22. The number of amides is 1. The standard InChI is InChI=1S/C25H28N2O7/c1-10(27-34-25(2,3)4)13-5-6-15(28)19-14(13)8-11-7-12-9-16(29)20(24(26)33)23(32)18(12)21(30)17(11)22(19)31/h5-6,11-12,18,28-30H,7-9H2,1-4H3,(H2,26,33)/b27-10+. The summed E-state index contributed by atoms with van der Waals surface area (Å²) in [7, 11) is 0. The average molecular weight is 469 g/mol. The topological polar surface area (TPSA) is 160 Å². The van der Waals surface area contributed by atoms with Crippen LogP contribution < -0.4 is 5.73 Å². The van der Waals surface area contributed by atoms with Crippen molar-refractivity contribution >= 4 is 23.2 Å². The Balaban J connectivity index is 1.81. The molecular formula is C25H28N2O7. The Bertz CT molecular complexity index is 1220. The van der Waals surface area contributed by atoms with Crippen LogP contribution in [0, 0.1) is 17.8 Å². The monoisotopic (exact) mass is 468 g/mol. The van der Waals surface area contributed by atoms with Gasteiger partial charge in [-0.15, -0.1) is 0 Å². The van der Waals surface area contributed by atoms with Crippen LogP contribution in [-0.4, -0.2) is 44.1 Å². The number of carbonyl (C=O) groups is 3. The highest BCUT2D eigenvalue weighted by atomic mass is 16.6. The average Bonchev–Trinajstić information content (AvgIpc) is 2.70. The number of nitrogens with zero attached hydrogens (tertiary/aromatic N) is 1. The van der Waals surface area contributed by atoms with Crippen molar-refractivity contribution in [1.29, 1.82) is 0 Å². The number of hydrogen-bond acceptors (Lipinski definition) is 8. The first-order valence-electron chi connectivity index (χ1n) is 11.1. The van der Waals surface area contributed by atoms with E-state index in [1.165, 1.54) is 6.07 Å². The molecule has 3 aliphatic carbocycles. The summed E-state index contributed by atoms with van der Waals surface area (Å²) in [5, 5.41) is 36.0. The van der Waals surface area contributed by atoms with Gasteiger partial charge in [0.15, 0.2) is 11.6 Å². The number of phenols is 1. The van der Waals surface area contributed by atoms with Crippen molar-refractivity contribution in [2.24, 2.45) is 28.6 Å². The van der Waals surface area contributed by atoms with Crippen molar-refractivity contribution in [1.82, 2.24) is 0 Å². The summed E-state index contributed by atoms with van der Waals surface area (Å²) in [5.41, 5.74) is 6.08. The number of allylic oxidation sites excluding steroid dienone is 3.